The molecule has 0 unspecified atom stereocenters. The Morgan fingerprint density at radius 2 is 2.10 bits per heavy atom. The SMILES string of the molecule is COCc1nc(C(C)C)nn1-c1ccc2nc(C)sc2c1. The largest absolute Gasteiger partial charge is 0.377 e. The number of ether oxygens (including phenoxy) is 1. The average Bonchev–Trinajstić information content (AvgIpc) is 3.00. The van der Waals surface area contributed by atoms with E-state index in [1.54, 1.807) is 18.4 Å². The van der Waals surface area contributed by atoms with Gasteiger partial charge in [-0.1, -0.05) is 13.8 Å². The first-order valence-electron chi connectivity index (χ1n) is 6.91. The Morgan fingerprint density at radius 3 is 2.81 bits per heavy atom. The molecule has 0 N–H and O–H groups in total. The highest BCUT2D eigenvalue weighted by Crippen LogP contribution is 2.25. The van der Waals surface area contributed by atoms with E-state index in [1.807, 2.05) is 23.7 Å². The first kappa shape index (κ1) is 14.2. The second kappa shape index (κ2) is 5.54. The summed E-state index contributed by atoms with van der Waals surface area (Å²) in [5, 5.41) is 5.69. The van der Waals surface area contributed by atoms with E-state index in [1.165, 1.54) is 0 Å². The minimum absolute atomic E-state index is 0.288. The molecule has 0 spiro atoms. The number of aromatic nitrogens is 4. The maximum atomic E-state index is 5.24. The maximum absolute atomic E-state index is 5.24. The van der Waals surface area contributed by atoms with E-state index < -0.39 is 0 Å². The molecule has 0 atom stereocenters. The van der Waals surface area contributed by atoms with Crippen molar-refractivity contribution in [3.8, 4) is 5.69 Å². The van der Waals surface area contributed by atoms with E-state index in [4.69, 9.17) is 4.74 Å². The van der Waals surface area contributed by atoms with Crippen LogP contribution in [-0.2, 0) is 11.3 Å². The lowest BCUT2D eigenvalue weighted by Crippen LogP contribution is -2.04. The Bertz CT molecular complexity index is 775. The van der Waals surface area contributed by atoms with Crippen molar-refractivity contribution in [2.75, 3.05) is 7.11 Å². The molecule has 0 saturated carbocycles. The summed E-state index contributed by atoms with van der Waals surface area (Å²) in [7, 11) is 1.67. The summed E-state index contributed by atoms with van der Waals surface area (Å²) in [5.74, 6) is 1.95. The number of benzene rings is 1. The molecule has 5 nitrogen and oxygen atoms in total. The van der Waals surface area contributed by atoms with Crippen molar-refractivity contribution in [3.05, 3.63) is 34.9 Å². The van der Waals surface area contributed by atoms with Crippen LogP contribution in [0.4, 0.5) is 0 Å². The van der Waals surface area contributed by atoms with E-state index in [-0.39, 0.29) is 5.92 Å². The van der Waals surface area contributed by atoms with Crippen LogP contribution < -0.4 is 0 Å². The molecule has 0 amide bonds. The van der Waals surface area contributed by atoms with Crippen molar-refractivity contribution in [2.24, 2.45) is 0 Å². The molecule has 3 aromatic rings. The normalized spacial score (nSPS) is 11.7. The summed E-state index contributed by atoms with van der Waals surface area (Å²) in [6.07, 6.45) is 0. The van der Waals surface area contributed by atoms with Gasteiger partial charge >= 0.3 is 0 Å². The Balaban J connectivity index is 2.11. The van der Waals surface area contributed by atoms with Crippen LogP contribution in [0.5, 0.6) is 0 Å². The van der Waals surface area contributed by atoms with E-state index in [2.05, 4.69) is 35.0 Å². The summed E-state index contributed by atoms with van der Waals surface area (Å²) in [6.45, 7) is 6.64. The van der Waals surface area contributed by atoms with Gasteiger partial charge in [0.05, 0.1) is 20.9 Å². The number of methoxy groups -OCH3 is 1. The van der Waals surface area contributed by atoms with Crippen molar-refractivity contribution in [2.45, 2.75) is 33.3 Å². The Morgan fingerprint density at radius 1 is 1.29 bits per heavy atom. The number of hydrogen-bond donors (Lipinski definition) is 0. The highest BCUT2D eigenvalue weighted by molar-refractivity contribution is 7.18. The third kappa shape index (κ3) is 2.69. The predicted molar refractivity (Wildman–Crippen MR) is 84.1 cm³/mol. The van der Waals surface area contributed by atoms with Gasteiger partial charge in [0, 0.05) is 13.0 Å². The van der Waals surface area contributed by atoms with Gasteiger partial charge in [0.1, 0.15) is 6.61 Å². The van der Waals surface area contributed by atoms with E-state index in [0.29, 0.717) is 6.61 Å². The molecule has 2 heterocycles. The quantitative estimate of drug-likeness (QED) is 0.740. The van der Waals surface area contributed by atoms with Crippen molar-refractivity contribution >= 4 is 21.6 Å². The summed E-state index contributed by atoms with van der Waals surface area (Å²) in [5.41, 5.74) is 2.02. The smallest absolute Gasteiger partial charge is 0.158 e. The van der Waals surface area contributed by atoms with E-state index in [0.717, 1.165) is 32.6 Å². The summed E-state index contributed by atoms with van der Waals surface area (Å²) >= 11 is 1.69. The van der Waals surface area contributed by atoms with Crippen LogP contribution in [0.1, 0.15) is 36.4 Å². The van der Waals surface area contributed by atoms with Gasteiger partial charge in [-0.05, 0) is 25.1 Å². The monoisotopic (exact) mass is 302 g/mol. The minimum atomic E-state index is 0.288. The number of rotatable bonds is 4. The van der Waals surface area contributed by atoms with Gasteiger partial charge in [-0.15, -0.1) is 11.3 Å². The molecule has 0 fully saturated rings. The number of hydrogen-bond acceptors (Lipinski definition) is 5. The zero-order valence-electron chi connectivity index (χ0n) is 12.6. The van der Waals surface area contributed by atoms with Gasteiger partial charge < -0.3 is 4.74 Å². The van der Waals surface area contributed by atoms with E-state index >= 15 is 0 Å². The molecule has 0 aliphatic heterocycles. The fourth-order valence-corrected chi connectivity index (χ4v) is 3.06. The van der Waals surface area contributed by atoms with Crippen LogP contribution in [0.15, 0.2) is 18.2 Å². The number of thiazole rings is 1. The lowest BCUT2D eigenvalue weighted by molar-refractivity contribution is 0.176. The number of nitrogens with zero attached hydrogens (tertiary/aromatic N) is 4. The molecular weight excluding hydrogens is 284 g/mol. The third-order valence-corrected chi connectivity index (χ3v) is 4.14. The molecule has 21 heavy (non-hydrogen) atoms. The molecule has 0 radical (unpaired) electrons. The van der Waals surface area contributed by atoms with Gasteiger partial charge in [0.25, 0.3) is 0 Å². The van der Waals surface area contributed by atoms with Crippen LogP contribution >= 0.6 is 11.3 Å². The lowest BCUT2D eigenvalue weighted by atomic mass is 10.2. The van der Waals surface area contributed by atoms with Crippen LogP contribution in [0, 0.1) is 6.92 Å². The van der Waals surface area contributed by atoms with Crippen molar-refractivity contribution < 1.29 is 4.74 Å². The standard InChI is InChI=1S/C15H18N4OS/c1-9(2)15-17-14(8-20-4)19(18-15)11-5-6-12-13(7-11)21-10(3)16-12/h5-7,9H,8H2,1-4H3. The van der Waals surface area contributed by atoms with E-state index in [9.17, 15) is 0 Å². The van der Waals surface area contributed by atoms with Crippen LogP contribution in [-0.4, -0.2) is 26.9 Å². The van der Waals surface area contributed by atoms with Crippen LogP contribution in [0.3, 0.4) is 0 Å². The van der Waals surface area contributed by atoms with Gasteiger partial charge in [0.15, 0.2) is 11.6 Å². The Labute approximate surface area is 127 Å². The summed E-state index contributed by atoms with van der Waals surface area (Å²) < 4.78 is 8.27. The lowest BCUT2D eigenvalue weighted by Gasteiger charge is -2.05. The topological polar surface area (TPSA) is 52.8 Å². The minimum Gasteiger partial charge on any atom is -0.377 e. The number of aryl methyl sites for hydroxylation is 1. The summed E-state index contributed by atoms with van der Waals surface area (Å²) in [4.78, 5) is 9.06. The molecule has 0 aliphatic carbocycles. The highest BCUT2D eigenvalue weighted by atomic mass is 32.1. The van der Waals surface area contributed by atoms with Crippen molar-refractivity contribution in [3.63, 3.8) is 0 Å². The molecule has 3 rings (SSSR count). The highest BCUT2D eigenvalue weighted by Gasteiger charge is 2.14. The number of fused-ring (bicyclic) bond motifs is 1. The van der Waals surface area contributed by atoms with Crippen LogP contribution in [0.2, 0.25) is 0 Å². The first-order valence-corrected chi connectivity index (χ1v) is 7.72. The molecular formula is C15H18N4OS. The summed E-state index contributed by atoms with van der Waals surface area (Å²) in [6, 6.07) is 6.17. The van der Waals surface area contributed by atoms with Gasteiger partial charge in [0.2, 0.25) is 0 Å². The maximum Gasteiger partial charge on any atom is 0.158 e. The zero-order chi connectivity index (χ0) is 15.0. The van der Waals surface area contributed by atoms with Crippen molar-refractivity contribution in [1.29, 1.82) is 0 Å². The fourth-order valence-electron chi connectivity index (χ4n) is 2.20. The Hall–Kier alpha value is -1.79. The predicted octanol–water partition coefficient (Wildman–Crippen LogP) is 3.46. The van der Waals surface area contributed by atoms with Gasteiger partial charge in [-0.25, -0.2) is 14.6 Å². The van der Waals surface area contributed by atoms with Gasteiger partial charge in [-0.2, -0.15) is 5.10 Å². The first-order chi connectivity index (χ1) is 10.1. The molecule has 0 aliphatic rings. The molecule has 1 aromatic carbocycles. The zero-order valence-corrected chi connectivity index (χ0v) is 13.4. The molecule has 110 valence electrons. The van der Waals surface area contributed by atoms with Gasteiger partial charge in [-0.3, -0.25) is 0 Å². The molecule has 0 saturated heterocycles. The van der Waals surface area contributed by atoms with Crippen molar-refractivity contribution in [1.82, 2.24) is 19.7 Å². The van der Waals surface area contributed by atoms with Crippen LogP contribution in [0.25, 0.3) is 15.9 Å². The average molecular weight is 302 g/mol. The Kier molecular flexibility index (Phi) is 3.73. The second-order valence-corrected chi connectivity index (χ2v) is 6.51. The second-order valence-electron chi connectivity index (χ2n) is 5.27. The molecule has 0 bridgehead atoms. The third-order valence-electron chi connectivity index (χ3n) is 3.20. The molecule has 6 heteroatoms. The molecule has 2 aromatic heterocycles. The fraction of sp³-hybridized carbons (Fsp3) is 0.400.